The molecule has 2 aromatic carbocycles. The number of benzene rings is 2. The molecule has 0 atom stereocenters. The fourth-order valence-corrected chi connectivity index (χ4v) is 1.61. The summed E-state index contributed by atoms with van der Waals surface area (Å²) in [5, 5.41) is 0. The zero-order valence-corrected chi connectivity index (χ0v) is 10.1. The van der Waals surface area contributed by atoms with Crippen LogP contribution in [0.15, 0.2) is 48.5 Å². The van der Waals surface area contributed by atoms with E-state index < -0.39 is 17.6 Å². The molecule has 0 saturated heterocycles. The summed E-state index contributed by atoms with van der Waals surface area (Å²) in [7, 11) is 0. The van der Waals surface area contributed by atoms with Gasteiger partial charge in [0.1, 0.15) is 18.2 Å². The number of carbonyl (C=O) groups excluding carboxylic acids is 1. The van der Waals surface area contributed by atoms with E-state index in [9.17, 15) is 13.6 Å². The topological polar surface area (TPSA) is 26.3 Å². The summed E-state index contributed by atoms with van der Waals surface area (Å²) >= 11 is 0. The summed E-state index contributed by atoms with van der Waals surface area (Å²) in [5.41, 5.74) is 0.981. The standard InChI is InChI=1S/C15H12F2O2/c16-13-7-6-12(14(17)9-13)10-19-15(18)8-11-4-2-1-3-5-11/h1-7,9H,8,10H2. The molecule has 98 valence electrons. The third-order valence-corrected chi connectivity index (χ3v) is 2.60. The first kappa shape index (κ1) is 13.2. The Morgan fingerprint density at radius 3 is 2.47 bits per heavy atom. The Hall–Kier alpha value is -2.23. The molecule has 0 N–H and O–H groups in total. The number of halogens is 2. The van der Waals surface area contributed by atoms with Gasteiger partial charge in [-0.15, -0.1) is 0 Å². The molecule has 0 radical (unpaired) electrons. The highest BCUT2D eigenvalue weighted by atomic mass is 19.1. The maximum Gasteiger partial charge on any atom is 0.310 e. The summed E-state index contributed by atoms with van der Waals surface area (Å²) in [4.78, 5) is 11.5. The Morgan fingerprint density at radius 1 is 1.05 bits per heavy atom. The molecule has 4 heteroatoms. The van der Waals surface area contributed by atoms with E-state index in [1.165, 1.54) is 6.07 Å². The summed E-state index contributed by atoms with van der Waals surface area (Å²) in [5.74, 6) is -1.82. The average molecular weight is 262 g/mol. The smallest absolute Gasteiger partial charge is 0.310 e. The van der Waals surface area contributed by atoms with Crippen LogP contribution in [0.3, 0.4) is 0 Å². The number of hydrogen-bond acceptors (Lipinski definition) is 2. The average Bonchev–Trinajstić information content (AvgIpc) is 2.39. The number of ether oxygens (including phenoxy) is 1. The highest BCUT2D eigenvalue weighted by Gasteiger charge is 2.08. The predicted octanol–water partition coefficient (Wildman–Crippen LogP) is 3.25. The highest BCUT2D eigenvalue weighted by Crippen LogP contribution is 2.11. The van der Waals surface area contributed by atoms with Gasteiger partial charge >= 0.3 is 5.97 Å². The molecule has 2 rings (SSSR count). The third-order valence-electron chi connectivity index (χ3n) is 2.60. The molecule has 0 heterocycles. The molecule has 0 saturated carbocycles. The Balaban J connectivity index is 1.90. The van der Waals surface area contributed by atoms with Crippen LogP contribution in [0, 0.1) is 11.6 Å². The molecule has 0 unspecified atom stereocenters. The van der Waals surface area contributed by atoms with Gasteiger partial charge in [0.25, 0.3) is 0 Å². The molecular weight excluding hydrogens is 250 g/mol. The van der Waals surface area contributed by atoms with Gasteiger partial charge in [0.15, 0.2) is 0 Å². The molecule has 0 spiro atoms. The highest BCUT2D eigenvalue weighted by molar-refractivity contribution is 5.72. The zero-order valence-electron chi connectivity index (χ0n) is 10.1. The largest absolute Gasteiger partial charge is 0.460 e. The van der Waals surface area contributed by atoms with Gasteiger partial charge in [-0.05, 0) is 17.7 Å². The van der Waals surface area contributed by atoms with Crippen LogP contribution >= 0.6 is 0 Å². The first-order valence-electron chi connectivity index (χ1n) is 5.78. The molecule has 2 aromatic rings. The second-order valence-electron chi connectivity index (χ2n) is 4.06. The zero-order chi connectivity index (χ0) is 13.7. The van der Waals surface area contributed by atoms with Gasteiger partial charge in [0.2, 0.25) is 0 Å². The molecule has 0 bridgehead atoms. The van der Waals surface area contributed by atoms with Crippen LogP contribution < -0.4 is 0 Å². The second kappa shape index (κ2) is 6.09. The molecule has 0 aliphatic carbocycles. The van der Waals surface area contributed by atoms with E-state index in [2.05, 4.69) is 0 Å². The molecule has 0 aliphatic rings. The SMILES string of the molecule is O=C(Cc1ccccc1)OCc1ccc(F)cc1F. The maximum atomic E-state index is 13.3. The molecule has 19 heavy (non-hydrogen) atoms. The van der Waals surface area contributed by atoms with Gasteiger partial charge in [-0.3, -0.25) is 4.79 Å². The summed E-state index contributed by atoms with van der Waals surface area (Å²) in [6.07, 6.45) is 0.129. The van der Waals surface area contributed by atoms with Crippen LogP contribution in [-0.2, 0) is 22.6 Å². The van der Waals surface area contributed by atoms with Crippen molar-refractivity contribution in [1.82, 2.24) is 0 Å². The second-order valence-corrected chi connectivity index (χ2v) is 4.06. The lowest BCUT2D eigenvalue weighted by atomic mass is 10.1. The Bertz CT molecular complexity index is 568. The van der Waals surface area contributed by atoms with Crippen LogP contribution in [0.2, 0.25) is 0 Å². The first-order chi connectivity index (χ1) is 9.15. The predicted molar refractivity (Wildman–Crippen MR) is 66.3 cm³/mol. The van der Waals surface area contributed by atoms with Crippen molar-refractivity contribution < 1.29 is 18.3 Å². The van der Waals surface area contributed by atoms with Crippen LogP contribution in [0.5, 0.6) is 0 Å². The van der Waals surface area contributed by atoms with E-state index >= 15 is 0 Å². The van der Waals surface area contributed by atoms with E-state index in [4.69, 9.17) is 4.74 Å². The Labute approximate surface area is 109 Å². The quantitative estimate of drug-likeness (QED) is 0.791. The van der Waals surface area contributed by atoms with Gasteiger partial charge in [-0.25, -0.2) is 8.78 Å². The van der Waals surface area contributed by atoms with Gasteiger partial charge < -0.3 is 4.74 Å². The molecule has 0 amide bonds. The monoisotopic (exact) mass is 262 g/mol. The molecule has 0 aromatic heterocycles. The van der Waals surface area contributed by atoms with E-state index in [1.54, 1.807) is 12.1 Å². The van der Waals surface area contributed by atoms with E-state index in [0.717, 1.165) is 17.7 Å². The summed E-state index contributed by atoms with van der Waals surface area (Å²) < 4.78 is 30.9. The Morgan fingerprint density at radius 2 is 1.79 bits per heavy atom. The van der Waals surface area contributed by atoms with E-state index in [1.807, 2.05) is 18.2 Å². The first-order valence-corrected chi connectivity index (χ1v) is 5.78. The minimum Gasteiger partial charge on any atom is -0.460 e. The van der Waals surface area contributed by atoms with Crippen molar-refractivity contribution in [2.45, 2.75) is 13.0 Å². The summed E-state index contributed by atoms with van der Waals surface area (Å²) in [6, 6.07) is 12.3. The Kier molecular flexibility index (Phi) is 4.23. The fourth-order valence-electron chi connectivity index (χ4n) is 1.61. The third kappa shape index (κ3) is 3.88. The van der Waals surface area contributed by atoms with Crippen LogP contribution in [0.4, 0.5) is 8.78 Å². The normalized spacial score (nSPS) is 10.2. The van der Waals surface area contributed by atoms with Crippen molar-refractivity contribution in [2.75, 3.05) is 0 Å². The lowest BCUT2D eigenvalue weighted by Gasteiger charge is -2.06. The number of hydrogen-bond donors (Lipinski definition) is 0. The lowest BCUT2D eigenvalue weighted by Crippen LogP contribution is -2.08. The minimum atomic E-state index is -0.715. The van der Waals surface area contributed by atoms with Gasteiger partial charge in [-0.1, -0.05) is 30.3 Å². The van der Waals surface area contributed by atoms with Crippen molar-refractivity contribution in [3.05, 3.63) is 71.3 Å². The van der Waals surface area contributed by atoms with Crippen molar-refractivity contribution in [3.8, 4) is 0 Å². The van der Waals surface area contributed by atoms with Gasteiger partial charge in [0.05, 0.1) is 6.42 Å². The molecule has 2 nitrogen and oxygen atoms in total. The van der Waals surface area contributed by atoms with Crippen molar-refractivity contribution in [1.29, 1.82) is 0 Å². The summed E-state index contributed by atoms with van der Waals surface area (Å²) in [6.45, 7) is -0.197. The number of esters is 1. The van der Waals surface area contributed by atoms with Crippen molar-refractivity contribution >= 4 is 5.97 Å². The molecule has 0 fully saturated rings. The van der Waals surface area contributed by atoms with Crippen molar-refractivity contribution in [3.63, 3.8) is 0 Å². The minimum absolute atomic E-state index is 0.129. The van der Waals surface area contributed by atoms with E-state index in [-0.39, 0.29) is 18.6 Å². The van der Waals surface area contributed by atoms with Gasteiger partial charge in [0, 0.05) is 11.6 Å². The maximum absolute atomic E-state index is 13.3. The van der Waals surface area contributed by atoms with Crippen LogP contribution in [-0.4, -0.2) is 5.97 Å². The van der Waals surface area contributed by atoms with Crippen LogP contribution in [0.25, 0.3) is 0 Å². The van der Waals surface area contributed by atoms with E-state index in [0.29, 0.717) is 0 Å². The van der Waals surface area contributed by atoms with Gasteiger partial charge in [-0.2, -0.15) is 0 Å². The number of carbonyl (C=O) groups is 1. The fraction of sp³-hybridized carbons (Fsp3) is 0.133. The van der Waals surface area contributed by atoms with Crippen molar-refractivity contribution in [2.24, 2.45) is 0 Å². The number of rotatable bonds is 4. The molecular formula is C15H12F2O2. The molecule has 0 aliphatic heterocycles. The lowest BCUT2D eigenvalue weighted by molar-refractivity contribution is -0.144. The van der Waals surface area contributed by atoms with Crippen LogP contribution in [0.1, 0.15) is 11.1 Å².